The van der Waals surface area contributed by atoms with Crippen molar-refractivity contribution in [2.75, 3.05) is 19.7 Å². The fourth-order valence-corrected chi connectivity index (χ4v) is 5.09. The molecule has 1 aliphatic carbocycles. The molecule has 1 aliphatic heterocycles. The highest BCUT2D eigenvalue weighted by Crippen LogP contribution is 2.39. The van der Waals surface area contributed by atoms with Gasteiger partial charge in [0, 0.05) is 32.7 Å². The number of hydrogen-bond donors (Lipinski definition) is 2. The molecular formula is C19H29N3O4S. The van der Waals surface area contributed by atoms with Gasteiger partial charge in [-0.05, 0) is 44.4 Å². The van der Waals surface area contributed by atoms with Gasteiger partial charge in [-0.25, -0.2) is 13.2 Å². The molecule has 1 saturated heterocycles. The molecule has 0 bridgehead atoms. The van der Waals surface area contributed by atoms with Gasteiger partial charge in [0.25, 0.3) is 0 Å². The van der Waals surface area contributed by atoms with Gasteiger partial charge in [0.15, 0.2) is 0 Å². The molecule has 0 spiro atoms. The number of sulfonamides is 1. The number of amides is 2. The zero-order valence-electron chi connectivity index (χ0n) is 16.0. The highest BCUT2D eigenvalue weighted by Gasteiger charge is 2.52. The van der Waals surface area contributed by atoms with E-state index in [1.165, 1.54) is 0 Å². The second kappa shape index (κ2) is 8.16. The van der Waals surface area contributed by atoms with E-state index in [1.807, 2.05) is 19.9 Å². The first-order valence-electron chi connectivity index (χ1n) is 9.62. The van der Waals surface area contributed by atoms with Crippen LogP contribution in [0, 0.1) is 0 Å². The molecule has 150 valence electrons. The lowest BCUT2D eigenvalue weighted by Crippen LogP contribution is -2.39. The van der Waals surface area contributed by atoms with E-state index in [0.717, 1.165) is 31.2 Å². The number of piperidine rings is 1. The summed E-state index contributed by atoms with van der Waals surface area (Å²) in [6, 6.07) is 6.54. The monoisotopic (exact) mass is 395 g/mol. The molecule has 0 aromatic heterocycles. The summed E-state index contributed by atoms with van der Waals surface area (Å²) in [5.74, 6) is 0. The average Bonchev–Trinajstić information content (AvgIpc) is 3.29. The standard InChI is InChI=1S/C19H29N3O4S/c1-3-26-19(2)13-17(19)21-18(23)20-14-15-8-7-9-16(12-15)27(24,25)22-10-5-4-6-11-22/h7-9,12,17H,3-6,10-11,13-14H2,1-2H3,(H2,20,21,23)/t17-,19+/m1/s1. The van der Waals surface area contributed by atoms with Crippen molar-refractivity contribution in [2.45, 2.75) is 62.6 Å². The largest absolute Gasteiger partial charge is 0.373 e. The highest BCUT2D eigenvalue weighted by atomic mass is 32.2. The molecule has 0 unspecified atom stereocenters. The van der Waals surface area contributed by atoms with Crippen LogP contribution in [0.5, 0.6) is 0 Å². The van der Waals surface area contributed by atoms with Crippen molar-refractivity contribution in [2.24, 2.45) is 0 Å². The molecule has 0 radical (unpaired) electrons. The van der Waals surface area contributed by atoms with Crippen molar-refractivity contribution in [3.8, 4) is 0 Å². The number of nitrogens with one attached hydrogen (secondary N) is 2. The van der Waals surface area contributed by atoms with Crippen LogP contribution in [-0.4, -0.2) is 50.1 Å². The first-order valence-corrected chi connectivity index (χ1v) is 11.1. The van der Waals surface area contributed by atoms with Crippen LogP contribution in [0.3, 0.4) is 0 Å². The van der Waals surface area contributed by atoms with Crippen LogP contribution >= 0.6 is 0 Å². The molecule has 2 aliphatic rings. The number of benzene rings is 1. The van der Waals surface area contributed by atoms with E-state index >= 15 is 0 Å². The topological polar surface area (TPSA) is 87.7 Å². The van der Waals surface area contributed by atoms with Gasteiger partial charge < -0.3 is 15.4 Å². The van der Waals surface area contributed by atoms with Gasteiger partial charge in [-0.2, -0.15) is 4.31 Å². The molecule has 2 amide bonds. The van der Waals surface area contributed by atoms with Crippen molar-refractivity contribution in [3.63, 3.8) is 0 Å². The molecule has 2 fully saturated rings. The number of hydrogen-bond acceptors (Lipinski definition) is 4. The third kappa shape index (κ3) is 4.80. The first-order chi connectivity index (χ1) is 12.8. The predicted octanol–water partition coefficient (Wildman–Crippen LogP) is 2.23. The second-order valence-electron chi connectivity index (χ2n) is 7.44. The van der Waals surface area contributed by atoms with Gasteiger partial charge in [0.05, 0.1) is 16.5 Å². The Hall–Kier alpha value is -1.64. The lowest BCUT2D eigenvalue weighted by atomic mass is 10.2. The van der Waals surface area contributed by atoms with Gasteiger partial charge in [-0.15, -0.1) is 0 Å². The Morgan fingerprint density at radius 3 is 2.74 bits per heavy atom. The zero-order chi connectivity index (χ0) is 19.5. The maximum Gasteiger partial charge on any atom is 0.315 e. The lowest BCUT2D eigenvalue weighted by molar-refractivity contribution is 0.0492. The number of urea groups is 1. The Morgan fingerprint density at radius 1 is 1.30 bits per heavy atom. The Balaban J connectivity index is 1.56. The molecule has 27 heavy (non-hydrogen) atoms. The number of carbonyl (C=O) groups is 1. The Bertz CT molecular complexity index is 777. The second-order valence-corrected chi connectivity index (χ2v) is 9.38. The van der Waals surface area contributed by atoms with Crippen LogP contribution in [0.2, 0.25) is 0 Å². The normalized spacial score (nSPS) is 25.8. The summed E-state index contributed by atoms with van der Waals surface area (Å²) >= 11 is 0. The van der Waals surface area contributed by atoms with E-state index < -0.39 is 10.0 Å². The van der Waals surface area contributed by atoms with Crippen LogP contribution in [-0.2, 0) is 21.3 Å². The van der Waals surface area contributed by atoms with Gasteiger partial charge in [-0.3, -0.25) is 0 Å². The minimum absolute atomic E-state index is 0.0169. The molecule has 1 saturated carbocycles. The van der Waals surface area contributed by atoms with E-state index in [1.54, 1.807) is 22.5 Å². The van der Waals surface area contributed by atoms with E-state index in [-0.39, 0.29) is 29.1 Å². The molecule has 1 aromatic rings. The number of nitrogens with zero attached hydrogens (tertiary/aromatic N) is 1. The van der Waals surface area contributed by atoms with Crippen LogP contribution in [0.1, 0.15) is 45.1 Å². The Kier molecular flexibility index (Phi) is 6.08. The maximum absolute atomic E-state index is 12.8. The summed E-state index contributed by atoms with van der Waals surface area (Å²) in [5.41, 5.74) is 0.487. The molecule has 2 atom stereocenters. The van der Waals surface area contributed by atoms with Crippen molar-refractivity contribution < 1.29 is 17.9 Å². The van der Waals surface area contributed by atoms with Crippen molar-refractivity contribution >= 4 is 16.1 Å². The Labute approximate surface area is 161 Å². The summed E-state index contributed by atoms with van der Waals surface area (Å²) < 4.78 is 32.7. The summed E-state index contributed by atoms with van der Waals surface area (Å²) in [6.07, 6.45) is 3.69. The smallest absolute Gasteiger partial charge is 0.315 e. The van der Waals surface area contributed by atoms with E-state index in [2.05, 4.69) is 10.6 Å². The van der Waals surface area contributed by atoms with E-state index in [4.69, 9.17) is 4.74 Å². The van der Waals surface area contributed by atoms with Crippen LogP contribution < -0.4 is 10.6 Å². The molecule has 3 rings (SSSR count). The summed E-state index contributed by atoms with van der Waals surface area (Å²) in [4.78, 5) is 12.4. The quantitative estimate of drug-likeness (QED) is 0.741. The fraction of sp³-hybridized carbons (Fsp3) is 0.632. The van der Waals surface area contributed by atoms with Gasteiger partial charge in [0.1, 0.15) is 0 Å². The van der Waals surface area contributed by atoms with Gasteiger partial charge in [-0.1, -0.05) is 18.6 Å². The summed E-state index contributed by atoms with van der Waals surface area (Å²) in [6.45, 7) is 5.96. The first kappa shape index (κ1) is 20.1. The van der Waals surface area contributed by atoms with Crippen LogP contribution in [0.4, 0.5) is 4.79 Å². The zero-order valence-corrected chi connectivity index (χ0v) is 16.8. The predicted molar refractivity (Wildman–Crippen MR) is 103 cm³/mol. The number of carbonyl (C=O) groups excluding carboxylic acids is 1. The van der Waals surface area contributed by atoms with E-state index in [0.29, 0.717) is 19.7 Å². The third-order valence-corrected chi connectivity index (χ3v) is 7.16. The molecule has 7 nitrogen and oxygen atoms in total. The average molecular weight is 396 g/mol. The minimum atomic E-state index is -3.47. The number of ether oxygens (including phenoxy) is 1. The summed E-state index contributed by atoms with van der Waals surface area (Å²) in [7, 11) is -3.47. The summed E-state index contributed by atoms with van der Waals surface area (Å²) in [5, 5.41) is 5.69. The van der Waals surface area contributed by atoms with Gasteiger partial charge in [0.2, 0.25) is 10.0 Å². The Morgan fingerprint density at radius 2 is 2.04 bits per heavy atom. The molecular weight excluding hydrogens is 366 g/mol. The molecule has 1 heterocycles. The lowest BCUT2D eigenvalue weighted by Gasteiger charge is -2.26. The highest BCUT2D eigenvalue weighted by molar-refractivity contribution is 7.89. The van der Waals surface area contributed by atoms with Crippen LogP contribution in [0.25, 0.3) is 0 Å². The van der Waals surface area contributed by atoms with Crippen LogP contribution in [0.15, 0.2) is 29.2 Å². The van der Waals surface area contributed by atoms with Crippen molar-refractivity contribution in [3.05, 3.63) is 29.8 Å². The fourth-order valence-electron chi connectivity index (χ4n) is 3.50. The van der Waals surface area contributed by atoms with Gasteiger partial charge >= 0.3 is 6.03 Å². The van der Waals surface area contributed by atoms with Crippen molar-refractivity contribution in [1.82, 2.24) is 14.9 Å². The number of rotatable bonds is 7. The molecule has 1 aromatic carbocycles. The van der Waals surface area contributed by atoms with Crippen molar-refractivity contribution in [1.29, 1.82) is 0 Å². The third-order valence-electron chi connectivity index (χ3n) is 5.27. The minimum Gasteiger partial charge on any atom is -0.373 e. The maximum atomic E-state index is 12.8. The SMILES string of the molecule is CCO[C@@]1(C)C[C@H]1NC(=O)NCc1cccc(S(=O)(=O)N2CCCCC2)c1. The van der Waals surface area contributed by atoms with E-state index in [9.17, 15) is 13.2 Å². The molecule has 8 heteroatoms. The molecule has 2 N–H and O–H groups in total.